The second-order valence-corrected chi connectivity index (χ2v) is 5.73. The Hall–Kier alpha value is -2.81. The van der Waals surface area contributed by atoms with Crippen molar-refractivity contribution >= 4 is 45.4 Å². The van der Waals surface area contributed by atoms with E-state index in [2.05, 4.69) is 9.97 Å². The van der Waals surface area contributed by atoms with Crippen LogP contribution in [-0.2, 0) is 0 Å². The number of benzene rings is 2. The Balaban J connectivity index is 2.25. The van der Waals surface area contributed by atoms with Gasteiger partial charge in [0.15, 0.2) is 5.82 Å². The van der Waals surface area contributed by atoms with E-state index in [0.29, 0.717) is 15.9 Å². The third-order valence-corrected chi connectivity index (χ3v) is 3.93. The second-order valence-electron chi connectivity index (χ2n) is 4.89. The van der Waals surface area contributed by atoms with Gasteiger partial charge in [-0.3, -0.25) is 4.79 Å². The summed E-state index contributed by atoms with van der Waals surface area (Å²) < 4.78 is 0. The molecule has 0 bridgehead atoms. The molecular formula is C17H9Cl2N3O2. The van der Waals surface area contributed by atoms with Crippen LogP contribution in [0.3, 0.4) is 0 Å². The van der Waals surface area contributed by atoms with E-state index in [0.717, 1.165) is 0 Å². The molecule has 0 aliphatic rings. The Bertz CT molecular complexity index is 1080. The highest BCUT2D eigenvalue weighted by Gasteiger charge is 2.16. The van der Waals surface area contributed by atoms with Gasteiger partial charge in [-0.1, -0.05) is 35.3 Å². The van der Waals surface area contributed by atoms with Gasteiger partial charge in [0.25, 0.3) is 5.56 Å². The van der Waals surface area contributed by atoms with E-state index in [4.69, 9.17) is 23.2 Å². The number of nitrogens with zero attached hydrogens (tertiary/aromatic N) is 2. The highest BCUT2D eigenvalue weighted by Crippen LogP contribution is 2.29. The average molecular weight is 358 g/mol. The van der Waals surface area contributed by atoms with E-state index in [1.807, 2.05) is 6.07 Å². The van der Waals surface area contributed by atoms with Crippen LogP contribution < -0.4 is 5.56 Å². The van der Waals surface area contributed by atoms with E-state index in [-0.39, 0.29) is 22.0 Å². The van der Waals surface area contributed by atoms with Crippen LogP contribution in [0.1, 0.15) is 11.4 Å². The van der Waals surface area contributed by atoms with Crippen molar-refractivity contribution in [3.05, 3.63) is 74.3 Å². The van der Waals surface area contributed by atoms with Crippen LogP contribution in [0.5, 0.6) is 0 Å². The minimum atomic E-state index is -0.404. The van der Waals surface area contributed by atoms with Crippen LogP contribution in [0.25, 0.3) is 22.2 Å². The number of aromatic nitrogens is 2. The highest BCUT2D eigenvalue weighted by atomic mass is 35.5. The van der Waals surface area contributed by atoms with E-state index in [9.17, 15) is 15.2 Å². The molecule has 0 atom stereocenters. The predicted octanol–water partition coefficient (Wildman–Crippen LogP) is 4.18. The summed E-state index contributed by atoms with van der Waals surface area (Å²) in [5, 5.41) is 20.8. The molecule has 0 amide bonds. The van der Waals surface area contributed by atoms with Crippen molar-refractivity contribution in [2.75, 3.05) is 0 Å². The van der Waals surface area contributed by atoms with Crippen molar-refractivity contribution in [3.8, 4) is 6.07 Å². The number of H-pyrrole nitrogens is 1. The van der Waals surface area contributed by atoms with E-state index >= 15 is 0 Å². The van der Waals surface area contributed by atoms with Gasteiger partial charge >= 0.3 is 0 Å². The molecule has 5 nitrogen and oxygen atoms in total. The number of rotatable bonds is 2. The summed E-state index contributed by atoms with van der Waals surface area (Å²) in [6, 6.07) is 13.0. The number of aliphatic hydroxyl groups excluding tert-OH is 1. The number of aromatic amines is 1. The molecule has 24 heavy (non-hydrogen) atoms. The topological polar surface area (TPSA) is 89.8 Å². The third kappa shape index (κ3) is 2.85. The maximum absolute atomic E-state index is 12.1. The first-order chi connectivity index (χ1) is 11.5. The summed E-state index contributed by atoms with van der Waals surface area (Å²) in [5.41, 5.74) is 0.0351. The first-order valence-corrected chi connectivity index (χ1v) is 7.55. The fourth-order valence-corrected chi connectivity index (χ4v) is 2.74. The lowest BCUT2D eigenvalue weighted by molar-refractivity contribution is 0.514. The standard InChI is InChI=1S/C17H9Cl2N3O2/c18-9-5-6-10(13(19)7-9)15(23)12(8-20)16-21-14-4-2-1-3-11(14)17(24)22-16/h1-7,23H,(H,21,22,24)/b15-12+. The quantitative estimate of drug-likeness (QED) is 0.531. The molecule has 0 radical (unpaired) electrons. The first kappa shape index (κ1) is 16.1. The summed E-state index contributed by atoms with van der Waals surface area (Å²) in [6.45, 7) is 0. The van der Waals surface area contributed by atoms with Gasteiger partial charge in [-0.25, -0.2) is 4.98 Å². The number of nitriles is 1. The molecule has 0 saturated carbocycles. The summed E-state index contributed by atoms with van der Waals surface area (Å²) in [5.74, 6) is -0.428. The van der Waals surface area contributed by atoms with E-state index < -0.39 is 11.3 Å². The molecule has 3 aromatic rings. The van der Waals surface area contributed by atoms with Gasteiger partial charge in [-0.05, 0) is 30.3 Å². The van der Waals surface area contributed by atoms with Crippen molar-refractivity contribution in [3.63, 3.8) is 0 Å². The van der Waals surface area contributed by atoms with Gasteiger partial charge in [0.1, 0.15) is 17.4 Å². The van der Waals surface area contributed by atoms with Gasteiger partial charge in [-0.15, -0.1) is 0 Å². The summed E-state index contributed by atoms with van der Waals surface area (Å²) >= 11 is 11.9. The zero-order chi connectivity index (χ0) is 17.3. The number of hydrogen-bond acceptors (Lipinski definition) is 4. The Labute approximate surface area is 146 Å². The number of nitrogens with one attached hydrogen (secondary N) is 1. The molecule has 1 aromatic heterocycles. The van der Waals surface area contributed by atoms with Gasteiger partial charge in [0.2, 0.25) is 0 Å². The lowest BCUT2D eigenvalue weighted by Gasteiger charge is -2.07. The summed E-state index contributed by atoms with van der Waals surface area (Å²) in [6.07, 6.45) is 0. The largest absolute Gasteiger partial charge is 0.506 e. The minimum absolute atomic E-state index is 0.0373. The molecule has 7 heteroatoms. The fourth-order valence-electron chi connectivity index (χ4n) is 2.24. The van der Waals surface area contributed by atoms with Crippen LogP contribution >= 0.6 is 23.2 Å². The monoisotopic (exact) mass is 357 g/mol. The Morgan fingerprint density at radius 2 is 1.96 bits per heavy atom. The van der Waals surface area contributed by atoms with E-state index in [1.54, 1.807) is 24.3 Å². The van der Waals surface area contributed by atoms with Crippen LogP contribution in [0.15, 0.2) is 47.3 Å². The molecule has 118 valence electrons. The molecule has 2 N–H and O–H groups in total. The third-order valence-electron chi connectivity index (χ3n) is 3.38. The Kier molecular flexibility index (Phi) is 4.26. The molecule has 3 rings (SSSR count). The Morgan fingerprint density at radius 3 is 2.67 bits per heavy atom. The summed E-state index contributed by atoms with van der Waals surface area (Å²) in [7, 11) is 0. The van der Waals surface area contributed by atoms with Crippen LogP contribution in [-0.4, -0.2) is 15.1 Å². The zero-order valence-corrected chi connectivity index (χ0v) is 13.6. The van der Waals surface area contributed by atoms with Crippen LogP contribution in [0.4, 0.5) is 0 Å². The van der Waals surface area contributed by atoms with Gasteiger partial charge in [-0.2, -0.15) is 5.26 Å². The van der Waals surface area contributed by atoms with Gasteiger partial charge < -0.3 is 10.1 Å². The molecule has 0 saturated heterocycles. The number of aliphatic hydroxyl groups is 1. The normalized spacial score (nSPS) is 11.9. The van der Waals surface area contributed by atoms with Crippen LogP contribution in [0, 0.1) is 11.3 Å². The number of para-hydroxylation sites is 1. The SMILES string of the molecule is N#C/C(=C(\O)c1ccc(Cl)cc1Cl)c1nc2ccccc2c(=O)[nH]1. The van der Waals surface area contributed by atoms with Crippen molar-refractivity contribution in [1.29, 1.82) is 5.26 Å². The molecule has 0 unspecified atom stereocenters. The molecule has 0 aliphatic heterocycles. The lowest BCUT2D eigenvalue weighted by Crippen LogP contribution is -2.11. The smallest absolute Gasteiger partial charge is 0.259 e. The maximum Gasteiger partial charge on any atom is 0.259 e. The average Bonchev–Trinajstić information content (AvgIpc) is 2.55. The molecular weight excluding hydrogens is 349 g/mol. The van der Waals surface area contributed by atoms with Crippen LogP contribution in [0.2, 0.25) is 10.0 Å². The predicted molar refractivity (Wildman–Crippen MR) is 93.9 cm³/mol. The number of hydrogen-bond donors (Lipinski definition) is 2. The molecule has 1 heterocycles. The summed E-state index contributed by atoms with van der Waals surface area (Å²) in [4.78, 5) is 18.9. The Morgan fingerprint density at radius 1 is 1.21 bits per heavy atom. The minimum Gasteiger partial charge on any atom is -0.506 e. The molecule has 2 aromatic carbocycles. The van der Waals surface area contributed by atoms with E-state index in [1.165, 1.54) is 18.2 Å². The van der Waals surface area contributed by atoms with Crippen molar-refractivity contribution in [2.24, 2.45) is 0 Å². The fraction of sp³-hybridized carbons (Fsp3) is 0. The molecule has 0 fully saturated rings. The highest BCUT2D eigenvalue weighted by molar-refractivity contribution is 6.35. The molecule has 0 aliphatic carbocycles. The van der Waals surface area contributed by atoms with Crippen molar-refractivity contribution < 1.29 is 5.11 Å². The number of allylic oxidation sites excluding steroid dienone is 1. The van der Waals surface area contributed by atoms with Crippen molar-refractivity contribution in [2.45, 2.75) is 0 Å². The number of halogens is 2. The lowest BCUT2D eigenvalue weighted by atomic mass is 10.1. The number of fused-ring (bicyclic) bond motifs is 1. The zero-order valence-electron chi connectivity index (χ0n) is 12.0. The second kappa shape index (κ2) is 6.36. The molecule has 0 spiro atoms. The van der Waals surface area contributed by atoms with Crippen molar-refractivity contribution in [1.82, 2.24) is 9.97 Å². The maximum atomic E-state index is 12.1. The van der Waals surface area contributed by atoms with Gasteiger partial charge in [0.05, 0.1) is 15.9 Å². The first-order valence-electron chi connectivity index (χ1n) is 6.79. The van der Waals surface area contributed by atoms with Gasteiger partial charge in [0, 0.05) is 10.6 Å².